The van der Waals surface area contributed by atoms with Crippen molar-refractivity contribution in [2.24, 2.45) is 4.99 Å². The number of aliphatic imine (C=N–C) groups is 1. The molecule has 1 atom stereocenters. The molecule has 0 fully saturated rings. The number of nitrogens with one attached hydrogen (secondary N) is 1. The van der Waals surface area contributed by atoms with Crippen LogP contribution in [0, 0.1) is 6.92 Å². The molecule has 0 amide bonds. The van der Waals surface area contributed by atoms with Gasteiger partial charge in [-0.05, 0) is 19.7 Å². The lowest BCUT2D eigenvalue weighted by Gasteiger charge is -2.22. The van der Waals surface area contributed by atoms with Crippen LogP contribution in [0.15, 0.2) is 23.2 Å². The molecule has 15 heteroatoms. The number of benzene rings is 1. The summed E-state index contributed by atoms with van der Waals surface area (Å²) >= 11 is 0. The monoisotopic (exact) mass is 518 g/mol. The number of rotatable bonds is 9. The molecule has 0 saturated heterocycles. The fourth-order valence-corrected chi connectivity index (χ4v) is 3.09. The smallest absolute Gasteiger partial charge is 0.433 e. The van der Waals surface area contributed by atoms with E-state index in [2.05, 4.69) is 41.7 Å². The number of hydrogen-bond acceptors (Lipinski definition) is 9. The van der Waals surface area contributed by atoms with Gasteiger partial charge >= 0.3 is 12.4 Å². The standard InChI is InChI=1S/C21H20F6N6O3/c1-10-30-12-6-13(35-4)14(36-16(9-34-3)21(25,26)27)5-11(12)19(31-10)29-8-18-32-15(20(22,23)24)7-17(28-2)33-18/h5-7,16H,2,8-9H2,1,3-4H3,(H,29,30,31). The number of ether oxygens (including phenoxy) is 3. The summed E-state index contributed by atoms with van der Waals surface area (Å²) in [7, 11) is 2.35. The van der Waals surface area contributed by atoms with Gasteiger partial charge in [0.25, 0.3) is 0 Å². The Hall–Kier alpha value is -3.75. The topological polar surface area (TPSA) is 104 Å². The summed E-state index contributed by atoms with van der Waals surface area (Å²) in [6, 6.07) is 3.23. The number of nitrogens with zero attached hydrogens (tertiary/aromatic N) is 5. The number of fused-ring (bicyclic) bond motifs is 1. The molecular weight excluding hydrogens is 498 g/mol. The van der Waals surface area contributed by atoms with Crippen LogP contribution in [-0.4, -0.2) is 59.8 Å². The Bertz CT molecular complexity index is 1250. The van der Waals surface area contributed by atoms with Crippen LogP contribution in [0.1, 0.15) is 17.3 Å². The van der Waals surface area contributed by atoms with E-state index in [1.54, 1.807) is 6.92 Å². The van der Waals surface area contributed by atoms with Gasteiger partial charge in [0, 0.05) is 24.6 Å². The minimum Gasteiger partial charge on any atom is -0.493 e. The molecule has 0 radical (unpaired) electrons. The summed E-state index contributed by atoms with van der Waals surface area (Å²) < 4.78 is 94.5. The van der Waals surface area contributed by atoms with Crippen molar-refractivity contribution in [2.45, 2.75) is 31.9 Å². The molecule has 0 saturated carbocycles. The van der Waals surface area contributed by atoms with E-state index in [0.717, 1.165) is 7.11 Å². The number of aromatic nitrogens is 4. The molecule has 0 spiro atoms. The van der Waals surface area contributed by atoms with Crippen molar-refractivity contribution in [3.05, 3.63) is 35.5 Å². The van der Waals surface area contributed by atoms with E-state index in [0.29, 0.717) is 6.07 Å². The van der Waals surface area contributed by atoms with Gasteiger partial charge in [0.05, 0.1) is 25.8 Å². The largest absolute Gasteiger partial charge is 0.493 e. The Morgan fingerprint density at radius 1 is 1.00 bits per heavy atom. The summed E-state index contributed by atoms with van der Waals surface area (Å²) in [5, 5.41) is 3.01. The van der Waals surface area contributed by atoms with Crippen molar-refractivity contribution in [3.63, 3.8) is 0 Å². The zero-order valence-corrected chi connectivity index (χ0v) is 19.2. The van der Waals surface area contributed by atoms with Gasteiger partial charge in [-0.1, -0.05) is 0 Å². The molecule has 9 nitrogen and oxygen atoms in total. The van der Waals surface area contributed by atoms with E-state index in [9.17, 15) is 26.3 Å². The van der Waals surface area contributed by atoms with Gasteiger partial charge < -0.3 is 19.5 Å². The number of anilines is 1. The predicted octanol–water partition coefficient (Wildman–Crippen LogP) is 4.66. The normalized spacial score (nSPS) is 12.9. The van der Waals surface area contributed by atoms with Crippen molar-refractivity contribution in [1.82, 2.24) is 19.9 Å². The van der Waals surface area contributed by atoms with Crippen molar-refractivity contribution in [1.29, 1.82) is 0 Å². The Morgan fingerprint density at radius 2 is 1.72 bits per heavy atom. The molecule has 3 aromatic rings. The highest BCUT2D eigenvalue weighted by atomic mass is 19.4. The summed E-state index contributed by atoms with van der Waals surface area (Å²) in [6.45, 7) is 3.64. The minimum absolute atomic E-state index is 0.0280. The van der Waals surface area contributed by atoms with Crippen molar-refractivity contribution >= 4 is 29.3 Å². The van der Waals surface area contributed by atoms with Crippen molar-refractivity contribution < 1.29 is 40.6 Å². The van der Waals surface area contributed by atoms with E-state index in [4.69, 9.17) is 9.47 Å². The van der Waals surface area contributed by atoms with E-state index in [1.165, 1.54) is 19.2 Å². The number of alkyl halides is 6. The maximum absolute atomic E-state index is 13.4. The van der Waals surface area contributed by atoms with E-state index < -0.39 is 30.8 Å². The Balaban J connectivity index is 2.02. The summed E-state index contributed by atoms with van der Waals surface area (Å²) in [6.07, 6.45) is -11.8. The molecular formula is C21H20F6N6O3. The van der Waals surface area contributed by atoms with Crippen LogP contribution in [-0.2, 0) is 17.5 Å². The maximum atomic E-state index is 13.4. The lowest BCUT2D eigenvalue weighted by atomic mass is 10.2. The molecule has 1 N–H and O–H groups in total. The van der Waals surface area contributed by atoms with Crippen LogP contribution in [0.4, 0.5) is 38.0 Å². The maximum Gasteiger partial charge on any atom is 0.433 e. The number of aryl methyl sites for hydroxylation is 1. The first-order valence-electron chi connectivity index (χ1n) is 10.1. The molecule has 0 aliphatic carbocycles. The van der Waals surface area contributed by atoms with Crippen molar-refractivity contribution in [3.8, 4) is 11.5 Å². The van der Waals surface area contributed by atoms with E-state index >= 15 is 0 Å². The fourth-order valence-electron chi connectivity index (χ4n) is 3.09. The predicted molar refractivity (Wildman–Crippen MR) is 117 cm³/mol. The zero-order chi connectivity index (χ0) is 26.7. The lowest BCUT2D eigenvalue weighted by Crippen LogP contribution is -2.38. The molecule has 1 unspecified atom stereocenters. The van der Waals surface area contributed by atoms with Gasteiger partial charge in [0.15, 0.2) is 23.1 Å². The average Bonchev–Trinajstić information content (AvgIpc) is 2.80. The first-order chi connectivity index (χ1) is 16.8. The van der Waals surface area contributed by atoms with Crippen LogP contribution < -0.4 is 14.8 Å². The molecule has 0 aliphatic rings. The molecule has 194 valence electrons. The van der Waals surface area contributed by atoms with Crippen LogP contribution >= 0.6 is 0 Å². The molecule has 3 rings (SSSR count). The summed E-state index contributed by atoms with van der Waals surface area (Å²) in [5.41, 5.74) is -0.930. The number of hydrogen-bond donors (Lipinski definition) is 1. The van der Waals surface area contributed by atoms with Gasteiger partial charge in [0.2, 0.25) is 6.10 Å². The van der Waals surface area contributed by atoms with Gasteiger partial charge in [-0.2, -0.15) is 26.3 Å². The highest BCUT2D eigenvalue weighted by molar-refractivity contribution is 5.91. The summed E-state index contributed by atoms with van der Waals surface area (Å²) in [4.78, 5) is 19.3. The fraction of sp³-hybridized carbons (Fsp3) is 0.381. The van der Waals surface area contributed by atoms with Crippen LogP contribution in [0.2, 0.25) is 0 Å². The lowest BCUT2D eigenvalue weighted by molar-refractivity contribution is -0.206. The van der Waals surface area contributed by atoms with E-state index in [-0.39, 0.29) is 52.2 Å². The summed E-state index contributed by atoms with van der Waals surface area (Å²) in [5.74, 6) is -0.484. The third-order valence-corrected chi connectivity index (χ3v) is 4.67. The Labute approximate surface area is 200 Å². The van der Waals surface area contributed by atoms with Gasteiger partial charge in [-0.25, -0.2) is 24.9 Å². The highest BCUT2D eigenvalue weighted by Crippen LogP contribution is 2.37. The second-order valence-corrected chi connectivity index (χ2v) is 7.28. The molecule has 36 heavy (non-hydrogen) atoms. The van der Waals surface area contributed by atoms with E-state index in [1.807, 2.05) is 0 Å². The Kier molecular flexibility index (Phi) is 7.81. The van der Waals surface area contributed by atoms with Crippen molar-refractivity contribution in [2.75, 3.05) is 26.1 Å². The number of halogens is 6. The van der Waals surface area contributed by atoms with Crippen LogP contribution in [0.25, 0.3) is 10.9 Å². The second-order valence-electron chi connectivity index (χ2n) is 7.28. The molecule has 2 heterocycles. The van der Waals surface area contributed by atoms with Gasteiger partial charge in [0.1, 0.15) is 17.3 Å². The van der Waals surface area contributed by atoms with Gasteiger partial charge in [-0.3, -0.25) is 0 Å². The SMILES string of the molecule is C=Nc1cc(C(F)(F)F)nc(CNc2nc(C)nc3cc(OC)c(OC(COC)C(F)(F)F)cc23)n1. The molecule has 0 aliphatic heterocycles. The number of methoxy groups -OCH3 is 2. The highest BCUT2D eigenvalue weighted by Gasteiger charge is 2.42. The molecule has 0 bridgehead atoms. The Morgan fingerprint density at radius 3 is 2.31 bits per heavy atom. The first kappa shape index (κ1) is 26.8. The zero-order valence-electron chi connectivity index (χ0n) is 19.2. The van der Waals surface area contributed by atoms with Crippen LogP contribution in [0.5, 0.6) is 11.5 Å². The minimum atomic E-state index is -4.74. The quantitative estimate of drug-likeness (QED) is 0.323. The van der Waals surface area contributed by atoms with Gasteiger partial charge in [-0.15, -0.1) is 0 Å². The van der Waals surface area contributed by atoms with Crippen LogP contribution in [0.3, 0.4) is 0 Å². The molecule has 2 aromatic heterocycles. The molecule has 1 aromatic carbocycles. The third kappa shape index (κ3) is 6.27. The second kappa shape index (κ2) is 10.5. The average molecular weight is 518 g/mol. The first-order valence-corrected chi connectivity index (χ1v) is 10.1. The third-order valence-electron chi connectivity index (χ3n) is 4.67.